The highest BCUT2D eigenvalue weighted by molar-refractivity contribution is 7.99. The van der Waals surface area contributed by atoms with Crippen LogP contribution >= 0.6 is 11.8 Å². The monoisotopic (exact) mass is 355 g/mol. The molecule has 0 bridgehead atoms. The molecule has 25 heavy (non-hydrogen) atoms. The number of non-ortho nitro benzene ring substituents is 1. The number of carbonyl (C=O) groups is 1. The van der Waals surface area contributed by atoms with Gasteiger partial charge in [-0.3, -0.25) is 14.9 Å². The Hall–Kier alpha value is -2.80. The van der Waals surface area contributed by atoms with E-state index in [-0.39, 0.29) is 11.6 Å². The number of hydrogen-bond acceptors (Lipinski definition) is 4. The molecule has 0 spiro atoms. The van der Waals surface area contributed by atoms with E-state index in [2.05, 4.69) is 22.4 Å². The Morgan fingerprint density at radius 1 is 1.20 bits per heavy atom. The van der Waals surface area contributed by atoms with E-state index in [1.165, 1.54) is 17.0 Å². The van der Waals surface area contributed by atoms with Crippen LogP contribution in [0.5, 0.6) is 0 Å². The molecule has 0 radical (unpaired) electrons. The molecule has 6 nitrogen and oxygen atoms in total. The quantitative estimate of drug-likeness (QED) is 0.290. The first-order valence-corrected chi connectivity index (χ1v) is 8.85. The molecule has 3 rings (SSSR count). The molecule has 2 N–H and O–H groups in total. The Bertz CT molecular complexity index is 893. The number of aromatic amines is 1. The number of thioether (sulfide) groups is 1. The SMILES string of the molecule is O=C(NCCCSc1ccccc1)c1c[nH]c2ccc([N+](=O)[O-])cc12. The molecule has 0 aliphatic heterocycles. The highest BCUT2D eigenvalue weighted by atomic mass is 32.2. The number of nitrogens with zero attached hydrogens (tertiary/aromatic N) is 1. The van der Waals surface area contributed by atoms with Crippen LogP contribution in [0, 0.1) is 10.1 Å². The summed E-state index contributed by atoms with van der Waals surface area (Å²) in [4.78, 5) is 26.9. The van der Waals surface area contributed by atoms with Crippen LogP contribution in [0.4, 0.5) is 5.69 Å². The second kappa shape index (κ2) is 7.85. The summed E-state index contributed by atoms with van der Waals surface area (Å²) in [5.74, 6) is 0.681. The van der Waals surface area contributed by atoms with Crippen molar-refractivity contribution in [3.8, 4) is 0 Å². The van der Waals surface area contributed by atoms with Crippen LogP contribution in [0.25, 0.3) is 10.9 Å². The third-order valence-corrected chi connectivity index (χ3v) is 4.84. The van der Waals surface area contributed by atoms with Crippen molar-refractivity contribution in [2.45, 2.75) is 11.3 Å². The average molecular weight is 355 g/mol. The molecule has 1 amide bonds. The lowest BCUT2D eigenvalue weighted by Crippen LogP contribution is -2.24. The molecule has 0 unspecified atom stereocenters. The second-order valence-corrected chi connectivity index (χ2v) is 6.63. The molecular formula is C18H17N3O3S. The van der Waals surface area contributed by atoms with E-state index in [1.54, 1.807) is 24.0 Å². The molecule has 1 aromatic heterocycles. The van der Waals surface area contributed by atoms with Crippen LogP contribution in [0.3, 0.4) is 0 Å². The van der Waals surface area contributed by atoms with E-state index in [0.717, 1.165) is 12.2 Å². The molecule has 128 valence electrons. The minimum atomic E-state index is -0.463. The summed E-state index contributed by atoms with van der Waals surface area (Å²) in [5, 5.41) is 14.3. The second-order valence-electron chi connectivity index (χ2n) is 5.46. The molecule has 2 aromatic carbocycles. The molecular weight excluding hydrogens is 338 g/mol. The molecule has 7 heteroatoms. The van der Waals surface area contributed by atoms with Crippen molar-refractivity contribution in [3.05, 3.63) is 70.4 Å². The normalized spacial score (nSPS) is 10.7. The number of hydrogen-bond donors (Lipinski definition) is 2. The van der Waals surface area contributed by atoms with Gasteiger partial charge < -0.3 is 10.3 Å². The lowest BCUT2D eigenvalue weighted by molar-refractivity contribution is -0.384. The third-order valence-electron chi connectivity index (χ3n) is 3.74. The van der Waals surface area contributed by atoms with Gasteiger partial charge in [0.05, 0.1) is 10.5 Å². The van der Waals surface area contributed by atoms with Gasteiger partial charge in [-0.15, -0.1) is 11.8 Å². The number of amides is 1. The smallest absolute Gasteiger partial charge is 0.270 e. The van der Waals surface area contributed by atoms with Crippen LogP contribution in [0.1, 0.15) is 16.8 Å². The van der Waals surface area contributed by atoms with Crippen molar-refractivity contribution in [1.82, 2.24) is 10.3 Å². The van der Waals surface area contributed by atoms with Crippen molar-refractivity contribution in [3.63, 3.8) is 0 Å². The first-order valence-electron chi connectivity index (χ1n) is 7.87. The van der Waals surface area contributed by atoms with Gasteiger partial charge in [-0.05, 0) is 30.4 Å². The lowest BCUT2D eigenvalue weighted by atomic mass is 10.1. The van der Waals surface area contributed by atoms with Crippen molar-refractivity contribution in [2.75, 3.05) is 12.3 Å². The van der Waals surface area contributed by atoms with Gasteiger partial charge in [-0.25, -0.2) is 0 Å². The zero-order valence-corrected chi connectivity index (χ0v) is 14.2. The summed E-state index contributed by atoms with van der Waals surface area (Å²) in [6.07, 6.45) is 2.43. The fourth-order valence-electron chi connectivity index (χ4n) is 2.49. The van der Waals surface area contributed by atoms with E-state index < -0.39 is 4.92 Å². The highest BCUT2D eigenvalue weighted by Gasteiger charge is 2.15. The molecule has 0 atom stereocenters. The number of aromatic nitrogens is 1. The third kappa shape index (κ3) is 4.19. The van der Waals surface area contributed by atoms with Gasteiger partial charge in [0.25, 0.3) is 11.6 Å². The Labute approximate surface area is 148 Å². The molecule has 0 saturated heterocycles. The first kappa shape index (κ1) is 17.0. The number of nitrogens with one attached hydrogen (secondary N) is 2. The Kier molecular flexibility index (Phi) is 5.35. The number of carbonyl (C=O) groups excluding carboxylic acids is 1. The Morgan fingerprint density at radius 3 is 2.76 bits per heavy atom. The average Bonchev–Trinajstić information content (AvgIpc) is 3.05. The predicted molar refractivity (Wildman–Crippen MR) is 99.1 cm³/mol. The standard InChI is InChI=1S/C18H17N3O3S/c22-18(19-9-4-10-25-14-5-2-1-3-6-14)16-12-20-17-8-7-13(21(23)24)11-15(16)17/h1-3,5-8,11-12,20H,4,9-10H2,(H,19,22). The topological polar surface area (TPSA) is 88.0 Å². The van der Waals surface area contributed by atoms with Crippen molar-refractivity contribution < 1.29 is 9.72 Å². The minimum absolute atomic E-state index is 0.0274. The van der Waals surface area contributed by atoms with Gasteiger partial charge in [0, 0.05) is 40.7 Å². The number of nitro benzene ring substituents is 1. The van der Waals surface area contributed by atoms with Crippen molar-refractivity contribution >= 4 is 34.3 Å². The maximum atomic E-state index is 12.3. The summed E-state index contributed by atoms with van der Waals surface area (Å²) in [6.45, 7) is 0.556. The zero-order valence-electron chi connectivity index (χ0n) is 13.4. The molecule has 0 fully saturated rings. The van der Waals surface area contributed by atoms with E-state index in [0.29, 0.717) is 23.0 Å². The minimum Gasteiger partial charge on any atom is -0.360 e. The van der Waals surface area contributed by atoms with Gasteiger partial charge in [0.1, 0.15) is 0 Å². The lowest BCUT2D eigenvalue weighted by Gasteiger charge is -2.05. The van der Waals surface area contributed by atoms with E-state index in [4.69, 9.17) is 0 Å². The van der Waals surface area contributed by atoms with Crippen molar-refractivity contribution in [2.24, 2.45) is 0 Å². The Morgan fingerprint density at radius 2 is 2.00 bits per heavy atom. The van der Waals surface area contributed by atoms with Crippen LogP contribution in [-0.2, 0) is 0 Å². The molecule has 0 saturated carbocycles. The number of nitro groups is 1. The maximum Gasteiger partial charge on any atom is 0.270 e. The van der Waals surface area contributed by atoms with E-state index in [9.17, 15) is 14.9 Å². The van der Waals surface area contributed by atoms with Gasteiger partial charge in [-0.2, -0.15) is 0 Å². The molecule has 0 aliphatic rings. The van der Waals surface area contributed by atoms with Crippen LogP contribution in [0.2, 0.25) is 0 Å². The summed E-state index contributed by atoms with van der Waals surface area (Å²) >= 11 is 1.74. The highest BCUT2D eigenvalue weighted by Crippen LogP contribution is 2.23. The first-order chi connectivity index (χ1) is 12.1. The van der Waals surface area contributed by atoms with Gasteiger partial charge in [-0.1, -0.05) is 18.2 Å². The fourth-order valence-corrected chi connectivity index (χ4v) is 3.36. The number of rotatable bonds is 7. The van der Waals surface area contributed by atoms with Gasteiger partial charge in [0.2, 0.25) is 0 Å². The molecule has 3 aromatic rings. The fraction of sp³-hybridized carbons (Fsp3) is 0.167. The van der Waals surface area contributed by atoms with Gasteiger partial charge >= 0.3 is 0 Å². The van der Waals surface area contributed by atoms with Gasteiger partial charge in [0.15, 0.2) is 0 Å². The van der Waals surface area contributed by atoms with Crippen LogP contribution < -0.4 is 5.32 Å². The summed E-state index contributed by atoms with van der Waals surface area (Å²) < 4.78 is 0. The van der Waals surface area contributed by atoms with Crippen LogP contribution in [-0.4, -0.2) is 28.1 Å². The number of H-pyrrole nitrogens is 1. The largest absolute Gasteiger partial charge is 0.360 e. The molecule has 1 heterocycles. The number of fused-ring (bicyclic) bond motifs is 1. The Balaban J connectivity index is 1.55. The maximum absolute atomic E-state index is 12.3. The summed E-state index contributed by atoms with van der Waals surface area (Å²) in [6, 6.07) is 14.6. The summed E-state index contributed by atoms with van der Waals surface area (Å²) in [5.41, 5.74) is 1.10. The van der Waals surface area contributed by atoms with E-state index in [1.807, 2.05) is 18.2 Å². The van der Waals surface area contributed by atoms with E-state index >= 15 is 0 Å². The van der Waals surface area contributed by atoms with Crippen LogP contribution in [0.15, 0.2) is 59.6 Å². The zero-order chi connectivity index (χ0) is 17.6. The summed E-state index contributed by atoms with van der Waals surface area (Å²) in [7, 11) is 0. The number of benzene rings is 2. The predicted octanol–water partition coefficient (Wildman–Crippen LogP) is 3.99. The molecule has 0 aliphatic carbocycles. The van der Waals surface area contributed by atoms with Crippen molar-refractivity contribution in [1.29, 1.82) is 0 Å².